The summed E-state index contributed by atoms with van der Waals surface area (Å²) in [5.74, 6) is 0.312. The highest BCUT2D eigenvalue weighted by atomic mass is 32.2. The quantitative estimate of drug-likeness (QED) is 0.270. The Morgan fingerprint density at radius 2 is 1.93 bits per heavy atom. The number of aryl methyl sites for hydroxylation is 1. The topological polar surface area (TPSA) is 34.9 Å². The third-order valence-electron chi connectivity index (χ3n) is 4.64. The molecule has 4 aromatic rings. The van der Waals surface area contributed by atoms with Crippen LogP contribution in [0.5, 0.6) is 0 Å². The fraction of sp³-hybridized carbons (Fsp3) is 0.217. The van der Waals surface area contributed by atoms with Gasteiger partial charge in [0.1, 0.15) is 10.5 Å². The predicted octanol–water partition coefficient (Wildman–Crippen LogP) is 6.27. The van der Waals surface area contributed by atoms with Gasteiger partial charge in [0, 0.05) is 17.2 Å². The van der Waals surface area contributed by atoms with E-state index in [2.05, 4.69) is 31.2 Å². The minimum atomic E-state index is -0.252. The molecule has 0 spiro atoms. The van der Waals surface area contributed by atoms with Gasteiger partial charge in [0.2, 0.25) is 0 Å². The molecule has 0 saturated carbocycles. The first kappa shape index (κ1) is 19.9. The van der Waals surface area contributed by atoms with Crippen LogP contribution in [0.4, 0.5) is 4.39 Å². The maximum Gasteiger partial charge on any atom is 0.272 e. The minimum Gasteiger partial charge on any atom is -0.286 e. The van der Waals surface area contributed by atoms with Gasteiger partial charge >= 0.3 is 0 Å². The zero-order valence-corrected chi connectivity index (χ0v) is 17.9. The van der Waals surface area contributed by atoms with Gasteiger partial charge in [0.25, 0.3) is 5.56 Å². The average Bonchev–Trinajstić information content (AvgIpc) is 3.14. The first-order chi connectivity index (χ1) is 14.0. The molecular weight excluding hydrogens is 403 g/mol. The Morgan fingerprint density at radius 1 is 1.14 bits per heavy atom. The molecule has 6 heteroatoms. The molecule has 148 valence electrons. The first-order valence-electron chi connectivity index (χ1n) is 9.54. The van der Waals surface area contributed by atoms with Crippen LogP contribution < -0.4 is 5.56 Å². The van der Waals surface area contributed by atoms with Crippen LogP contribution in [0.1, 0.15) is 24.5 Å². The smallest absolute Gasteiger partial charge is 0.272 e. The number of nitrogens with zero attached hydrogens (tertiary/aromatic N) is 2. The Morgan fingerprint density at radius 3 is 2.66 bits per heavy atom. The molecule has 29 heavy (non-hydrogen) atoms. The largest absolute Gasteiger partial charge is 0.286 e. The zero-order valence-electron chi connectivity index (χ0n) is 16.3. The van der Waals surface area contributed by atoms with Crippen molar-refractivity contribution >= 4 is 33.3 Å². The number of hydrogen-bond acceptors (Lipinski definition) is 4. The number of thioether (sulfide) groups is 1. The van der Waals surface area contributed by atoms with E-state index in [0.29, 0.717) is 22.2 Å². The molecule has 0 fully saturated rings. The van der Waals surface area contributed by atoms with E-state index >= 15 is 0 Å². The van der Waals surface area contributed by atoms with Gasteiger partial charge < -0.3 is 0 Å². The highest BCUT2D eigenvalue weighted by Crippen LogP contribution is 2.32. The normalized spacial score (nSPS) is 11.3. The van der Waals surface area contributed by atoms with E-state index in [1.807, 2.05) is 19.1 Å². The molecule has 2 aromatic heterocycles. The van der Waals surface area contributed by atoms with Gasteiger partial charge in [0.15, 0.2) is 5.16 Å². The molecule has 4 rings (SSSR count). The number of rotatable bonds is 6. The van der Waals surface area contributed by atoms with Gasteiger partial charge in [-0.1, -0.05) is 60.6 Å². The number of halogens is 1. The van der Waals surface area contributed by atoms with E-state index in [4.69, 9.17) is 4.98 Å². The van der Waals surface area contributed by atoms with E-state index in [9.17, 15) is 9.18 Å². The second-order valence-electron chi connectivity index (χ2n) is 6.96. The summed E-state index contributed by atoms with van der Waals surface area (Å²) in [4.78, 5) is 19.0. The van der Waals surface area contributed by atoms with Crippen molar-refractivity contribution in [3.63, 3.8) is 0 Å². The van der Waals surface area contributed by atoms with Crippen molar-refractivity contribution in [2.45, 2.75) is 37.7 Å². The lowest BCUT2D eigenvalue weighted by molar-refractivity contribution is 0.585. The predicted molar refractivity (Wildman–Crippen MR) is 120 cm³/mol. The summed E-state index contributed by atoms with van der Waals surface area (Å²) in [6.45, 7) is 4.72. The van der Waals surface area contributed by atoms with Crippen LogP contribution in [0.25, 0.3) is 20.7 Å². The molecule has 0 saturated heterocycles. The Hall–Kier alpha value is -2.44. The third-order valence-corrected chi connectivity index (χ3v) is 6.85. The minimum absolute atomic E-state index is 0.00181. The van der Waals surface area contributed by atoms with Crippen molar-refractivity contribution < 1.29 is 4.39 Å². The van der Waals surface area contributed by atoms with Crippen molar-refractivity contribution in [3.05, 3.63) is 81.9 Å². The molecule has 0 N–H and O–H groups in total. The van der Waals surface area contributed by atoms with Crippen LogP contribution in [0.3, 0.4) is 0 Å². The first-order valence-corrected chi connectivity index (χ1v) is 11.3. The summed E-state index contributed by atoms with van der Waals surface area (Å²) in [6, 6.07) is 16.8. The number of benzene rings is 2. The molecule has 0 atom stereocenters. The highest BCUT2D eigenvalue weighted by Gasteiger charge is 2.15. The second-order valence-corrected chi connectivity index (χ2v) is 8.96. The molecule has 0 aliphatic heterocycles. The lowest BCUT2D eigenvalue weighted by atomic mass is 10.1. The highest BCUT2D eigenvalue weighted by molar-refractivity contribution is 7.98. The number of thiophene rings is 1. The third kappa shape index (κ3) is 4.28. The number of fused-ring (bicyclic) bond motifs is 1. The van der Waals surface area contributed by atoms with Crippen LogP contribution in [0, 0.1) is 12.7 Å². The van der Waals surface area contributed by atoms with Gasteiger partial charge in [0.05, 0.1) is 5.52 Å². The Labute approximate surface area is 177 Å². The van der Waals surface area contributed by atoms with E-state index in [1.165, 1.54) is 40.8 Å². The lowest BCUT2D eigenvalue weighted by Crippen LogP contribution is -2.22. The number of aromatic nitrogens is 2. The zero-order chi connectivity index (χ0) is 20.4. The molecule has 0 aliphatic carbocycles. The van der Waals surface area contributed by atoms with Crippen LogP contribution in [-0.2, 0) is 12.3 Å². The molecule has 3 nitrogen and oxygen atoms in total. The molecule has 2 aromatic carbocycles. The maximum atomic E-state index is 13.5. The van der Waals surface area contributed by atoms with E-state index < -0.39 is 0 Å². The Bertz CT molecular complexity index is 1210. The molecule has 0 bridgehead atoms. The van der Waals surface area contributed by atoms with Crippen molar-refractivity contribution in [2.75, 3.05) is 0 Å². The lowest BCUT2D eigenvalue weighted by Gasteiger charge is -2.10. The Kier molecular flexibility index (Phi) is 5.83. The van der Waals surface area contributed by atoms with E-state index in [0.717, 1.165) is 27.9 Å². The standard InChI is InChI=1S/C23H21FN2OS2/c1-3-11-26-22(27)21-19(13-20(29-21)17-9-7-15(2)8-10-17)25-23(26)28-14-16-5-4-6-18(24)12-16/h4-10,12-13H,3,11,14H2,1-2H3. The average molecular weight is 425 g/mol. The Balaban J connectivity index is 1.73. The summed E-state index contributed by atoms with van der Waals surface area (Å²) in [7, 11) is 0. The van der Waals surface area contributed by atoms with E-state index in [-0.39, 0.29) is 11.4 Å². The molecule has 0 unspecified atom stereocenters. The fourth-order valence-electron chi connectivity index (χ4n) is 3.16. The van der Waals surface area contributed by atoms with Crippen molar-refractivity contribution in [3.8, 4) is 10.4 Å². The molecule has 0 amide bonds. The SMILES string of the molecule is CCCn1c(SCc2cccc(F)c2)nc2cc(-c3ccc(C)cc3)sc2c1=O. The second kappa shape index (κ2) is 8.51. The summed E-state index contributed by atoms with van der Waals surface area (Å²) in [5.41, 5.74) is 3.90. The van der Waals surface area contributed by atoms with Crippen LogP contribution in [0.15, 0.2) is 64.5 Å². The summed E-state index contributed by atoms with van der Waals surface area (Å²) in [6.07, 6.45) is 0.844. The van der Waals surface area contributed by atoms with Gasteiger partial charge in [-0.05, 0) is 42.7 Å². The van der Waals surface area contributed by atoms with Crippen molar-refractivity contribution in [1.29, 1.82) is 0 Å². The fourth-order valence-corrected chi connectivity index (χ4v) is 5.18. The molecule has 0 radical (unpaired) electrons. The molecule has 2 heterocycles. The van der Waals surface area contributed by atoms with Crippen molar-refractivity contribution in [2.24, 2.45) is 0 Å². The van der Waals surface area contributed by atoms with Crippen LogP contribution in [0.2, 0.25) is 0 Å². The van der Waals surface area contributed by atoms with Gasteiger partial charge in [-0.2, -0.15) is 0 Å². The maximum absolute atomic E-state index is 13.5. The monoisotopic (exact) mass is 424 g/mol. The summed E-state index contributed by atoms with van der Waals surface area (Å²) >= 11 is 2.97. The van der Waals surface area contributed by atoms with Crippen LogP contribution in [-0.4, -0.2) is 9.55 Å². The summed E-state index contributed by atoms with van der Waals surface area (Å²) in [5, 5.41) is 0.682. The van der Waals surface area contributed by atoms with Crippen molar-refractivity contribution in [1.82, 2.24) is 9.55 Å². The van der Waals surface area contributed by atoms with Gasteiger partial charge in [-0.25, -0.2) is 9.37 Å². The van der Waals surface area contributed by atoms with Gasteiger partial charge in [-0.3, -0.25) is 9.36 Å². The molecule has 0 aliphatic rings. The van der Waals surface area contributed by atoms with Gasteiger partial charge in [-0.15, -0.1) is 11.3 Å². The molecular formula is C23H21FN2OS2. The number of hydrogen-bond donors (Lipinski definition) is 0. The summed E-state index contributed by atoms with van der Waals surface area (Å²) < 4.78 is 15.9. The van der Waals surface area contributed by atoms with Crippen LogP contribution >= 0.6 is 23.1 Å². The van der Waals surface area contributed by atoms with E-state index in [1.54, 1.807) is 10.6 Å².